The minimum absolute atomic E-state index is 1.000. The van der Waals surface area contributed by atoms with Gasteiger partial charge in [-0.25, -0.2) is 8.39 Å². The molecule has 0 aliphatic heterocycles. The van der Waals surface area contributed by atoms with Crippen LogP contribution in [0.3, 0.4) is 0 Å². The minimum atomic E-state index is -4.59. The molecular weight excluding hydrogens is 224 g/mol. The highest BCUT2D eigenvalue weighted by molar-refractivity contribution is 7.80. The van der Waals surface area contributed by atoms with Gasteiger partial charge in [0.1, 0.15) is 6.10 Å². The lowest BCUT2D eigenvalue weighted by atomic mass is 10.3. The van der Waals surface area contributed by atoms with Crippen LogP contribution in [-0.2, 0) is 30.1 Å². The smallest absolute Gasteiger partial charge is 0.397 e. The van der Waals surface area contributed by atoms with E-state index in [-0.39, 0.29) is 0 Å². The first-order valence-corrected chi connectivity index (χ1v) is 5.51. The van der Waals surface area contributed by atoms with E-state index in [9.17, 15) is 17.2 Å². The van der Waals surface area contributed by atoms with Crippen LogP contribution in [0.15, 0.2) is 0 Å². The van der Waals surface area contributed by atoms with Gasteiger partial charge in [-0.15, -0.1) is 0 Å². The molecule has 0 aromatic heterocycles. The van der Waals surface area contributed by atoms with Crippen LogP contribution in [0.1, 0.15) is 13.8 Å². The van der Waals surface area contributed by atoms with Crippen LogP contribution in [-0.4, -0.2) is 33.9 Å². The van der Waals surface area contributed by atoms with Gasteiger partial charge in [0, 0.05) is 0 Å². The largest absolute Gasteiger partial charge is 0.750 e. The molecule has 0 radical (unpaired) electrons. The lowest BCUT2D eigenvalue weighted by Crippen LogP contribution is -2.29. The van der Waals surface area contributed by atoms with Crippen molar-refractivity contribution in [3.8, 4) is 0 Å². The van der Waals surface area contributed by atoms with E-state index in [0.717, 1.165) is 0 Å². The molecule has 3 unspecified atom stereocenters. The first-order valence-electron chi connectivity index (χ1n) is 3.14. The fourth-order valence-electron chi connectivity index (χ4n) is 0.472. The van der Waals surface area contributed by atoms with Crippen LogP contribution in [0.2, 0.25) is 0 Å². The lowest BCUT2D eigenvalue weighted by molar-refractivity contribution is 0.0750. The van der Waals surface area contributed by atoms with Crippen molar-refractivity contribution in [1.82, 2.24) is 0 Å². The first kappa shape index (κ1) is 12.9. The van der Waals surface area contributed by atoms with E-state index in [1.54, 1.807) is 0 Å². The number of hydrogen-bond donors (Lipinski definition) is 1. The van der Waals surface area contributed by atoms with Gasteiger partial charge in [0.25, 0.3) is 0 Å². The molecule has 7 nitrogen and oxygen atoms in total. The van der Waals surface area contributed by atoms with Gasteiger partial charge in [-0.05, 0) is 13.8 Å². The Hall–Kier alpha value is -0.0600. The van der Waals surface area contributed by atoms with E-state index in [0.29, 0.717) is 0 Å². The van der Waals surface area contributed by atoms with Gasteiger partial charge in [-0.3, -0.25) is 8.74 Å². The molecule has 0 saturated carbocycles. The van der Waals surface area contributed by atoms with Crippen molar-refractivity contribution in [3.63, 3.8) is 0 Å². The Morgan fingerprint density at radius 3 is 2.15 bits per heavy atom. The molecule has 3 atom stereocenters. The maximum absolute atomic E-state index is 10.2. The molecule has 9 heteroatoms. The van der Waals surface area contributed by atoms with Crippen molar-refractivity contribution in [3.05, 3.63) is 0 Å². The quantitative estimate of drug-likeness (QED) is 0.498. The highest BCUT2D eigenvalue weighted by Gasteiger charge is 2.19. The summed E-state index contributed by atoms with van der Waals surface area (Å²) < 4.78 is 56.7. The van der Waals surface area contributed by atoms with Crippen molar-refractivity contribution < 1.29 is 30.1 Å². The number of rotatable bonds is 5. The molecule has 13 heavy (non-hydrogen) atoms. The third kappa shape index (κ3) is 7.05. The molecule has 1 N–H and O–H groups in total. The normalized spacial score (nSPS) is 19.4. The summed E-state index contributed by atoms with van der Waals surface area (Å²) in [6.07, 6.45) is -2.09. The Labute approximate surface area is 78.5 Å². The Balaban J connectivity index is 4.11. The molecule has 0 aromatic carbocycles. The first-order chi connectivity index (χ1) is 5.72. The zero-order valence-corrected chi connectivity index (χ0v) is 8.50. The van der Waals surface area contributed by atoms with Gasteiger partial charge < -0.3 is 4.55 Å². The third-order valence-electron chi connectivity index (χ3n) is 1.16. The highest BCUT2D eigenvalue weighted by Crippen LogP contribution is 2.06. The van der Waals surface area contributed by atoms with Crippen molar-refractivity contribution in [2.75, 3.05) is 0 Å². The van der Waals surface area contributed by atoms with Gasteiger partial charge in [0.2, 0.25) is 0 Å². The highest BCUT2D eigenvalue weighted by atomic mass is 32.3. The van der Waals surface area contributed by atoms with Crippen LogP contribution in [0, 0.1) is 0 Å². The summed E-state index contributed by atoms with van der Waals surface area (Å²) in [6.45, 7) is 2.52. The zero-order chi connectivity index (χ0) is 10.6. The predicted octanol–water partition coefficient (Wildman–Crippen LogP) is -0.606. The summed E-state index contributed by atoms with van der Waals surface area (Å²) in [4.78, 5) is 0. The van der Waals surface area contributed by atoms with Gasteiger partial charge in [0.15, 0.2) is 0 Å². The van der Waals surface area contributed by atoms with E-state index in [2.05, 4.69) is 8.37 Å². The Morgan fingerprint density at radius 2 is 1.85 bits per heavy atom. The molecule has 0 bridgehead atoms. The summed E-state index contributed by atoms with van der Waals surface area (Å²) in [5, 5.41) is 0. The van der Waals surface area contributed by atoms with E-state index < -0.39 is 34.0 Å². The second-order valence-electron chi connectivity index (χ2n) is 2.23. The molecular formula is C4H9O7S2-. The second-order valence-corrected chi connectivity index (χ2v) is 3.88. The van der Waals surface area contributed by atoms with Crippen LogP contribution in [0.4, 0.5) is 0 Å². The molecule has 0 aliphatic carbocycles. The van der Waals surface area contributed by atoms with E-state index in [1.165, 1.54) is 13.8 Å². The van der Waals surface area contributed by atoms with Gasteiger partial charge in [-0.1, -0.05) is 0 Å². The predicted molar refractivity (Wildman–Crippen MR) is 41.6 cm³/mol. The molecule has 0 rings (SSSR count). The fourth-order valence-corrected chi connectivity index (χ4v) is 1.42. The third-order valence-corrected chi connectivity index (χ3v) is 2.17. The summed E-state index contributed by atoms with van der Waals surface area (Å²) >= 11 is -2.75. The van der Waals surface area contributed by atoms with E-state index in [4.69, 9.17) is 4.55 Å². The molecule has 0 amide bonds. The lowest BCUT2D eigenvalue weighted by Gasteiger charge is -2.19. The molecule has 0 fully saturated rings. The maximum Gasteiger partial charge on any atom is 0.397 e. The van der Waals surface area contributed by atoms with Crippen molar-refractivity contribution in [2.45, 2.75) is 26.1 Å². The molecule has 0 aromatic rings. The monoisotopic (exact) mass is 233 g/mol. The molecule has 0 heterocycles. The van der Waals surface area contributed by atoms with Crippen LogP contribution in [0.5, 0.6) is 0 Å². The molecule has 80 valence electrons. The topological polar surface area (TPSA) is 113 Å². The summed E-state index contributed by atoms with van der Waals surface area (Å²) in [5.74, 6) is 0. The minimum Gasteiger partial charge on any atom is -0.750 e. The van der Waals surface area contributed by atoms with Crippen molar-refractivity contribution in [1.29, 1.82) is 0 Å². The fraction of sp³-hybridized carbons (Fsp3) is 1.00. The average Bonchev–Trinajstić information content (AvgIpc) is 1.81. The van der Waals surface area contributed by atoms with Crippen LogP contribution < -0.4 is 0 Å². The Morgan fingerprint density at radius 1 is 1.38 bits per heavy atom. The van der Waals surface area contributed by atoms with E-state index in [1.807, 2.05) is 0 Å². The molecule has 0 saturated heterocycles. The van der Waals surface area contributed by atoms with Crippen LogP contribution >= 0.6 is 0 Å². The van der Waals surface area contributed by atoms with E-state index >= 15 is 0 Å². The molecule has 0 spiro atoms. The summed E-state index contributed by atoms with van der Waals surface area (Å²) in [7, 11) is -4.59. The van der Waals surface area contributed by atoms with Gasteiger partial charge in [0.05, 0.1) is 17.5 Å². The Kier molecular flexibility index (Phi) is 4.96. The van der Waals surface area contributed by atoms with Crippen LogP contribution in [0.25, 0.3) is 0 Å². The SMILES string of the molecule is CC(OS(=O)[O-])C(C)OS(=O)(=O)O. The Bertz CT molecular complexity index is 270. The molecule has 0 aliphatic rings. The standard InChI is InChI=1S/C4H10O7S2/c1-3(10-12(5)6)4(2)11-13(7,8)9/h3-4H,1-2H3,(H,5,6)(H,7,8,9)/p-1. The average molecular weight is 233 g/mol. The van der Waals surface area contributed by atoms with Crippen molar-refractivity contribution >= 4 is 21.8 Å². The van der Waals surface area contributed by atoms with Gasteiger partial charge in [-0.2, -0.15) is 8.42 Å². The summed E-state index contributed by atoms with van der Waals surface area (Å²) in [5.41, 5.74) is 0. The second kappa shape index (κ2) is 4.98. The van der Waals surface area contributed by atoms with Gasteiger partial charge >= 0.3 is 10.4 Å². The maximum atomic E-state index is 10.2. The van der Waals surface area contributed by atoms with Crippen molar-refractivity contribution in [2.24, 2.45) is 0 Å². The number of hydrogen-bond acceptors (Lipinski definition) is 6. The summed E-state index contributed by atoms with van der Waals surface area (Å²) in [6, 6.07) is 0. The zero-order valence-electron chi connectivity index (χ0n) is 6.87.